The molecule has 0 bridgehead atoms. The lowest BCUT2D eigenvalue weighted by Crippen LogP contribution is -2.43. The molecule has 0 aliphatic rings. The van der Waals surface area contributed by atoms with Crippen LogP contribution in [0.1, 0.15) is 20.8 Å². The highest BCUT2D eigenvalue weighted by molar-refractivity contribution is 5.93. The smallest absolute Gasteiger partial charge is 0.319 e. The van der Waals surface area contributed by atoms with Crippen LogP contribution in [0.25, 0.3) is 22.6 Å². The summed E-state index contributed by atoms with van der Waals surface area (Å²) in [5.41, 5.74) is 2.68. The van der Waals surface area contributed by atoms with Gasteiger partial charge in [-0.2, -0.15) is 5.10 Å². The maximum atomic E-state index is 12.0. The molecule has 7 nitrogen and oxygen atoms in total. The van der Waals surface area contributed by atoms with E-state index in [0.717, 1.165) is 11.0 Å². The van der Waals surface area contributed by atoms with E-state index in [0.29, 0.717) is 17.2 Å². The molecule has 2 aromatic heterocycles. The van der Waals surface area contributed by atoms with Crippen molar-refractivity contribution in [3.8, 4) is 11.5 Å². The molecule has 2 heterocycles. The van der Waals surface area contributed by atoms with Gasteiger partial charge in [0.15, 0.2) is 5.82 Å². The Hall–Kier alpha value is -2.83. The Morgan fingerprint density at radius 1 is 1.23 bits per heavy atom. The lowest BCUT2D eigenvalue weighted by atomic mass is 10.1. The summed E-state index contributed by atoms with van der Waals surface area (Å²) in [6.07, 6.45) is 1.56. The van der Waals surface area contributed by atoms with E-state index in [1.807, 2.05) is 45.0 Å². The van der Waals surface area contributed by atoms with Crippen LogP contribution in [0.15, 0.2) is 30.5 Å². The first-order chi connectivity index (χ1) is 10.4. The second-order valence-electron chi connectivity index (χ2n) is 6.09. The molecule has 0 atom stereocenters. The van der Waals surface area contributed by atoms with Crippen molar-refractivity contribution in [1.82, 2.24) is 25.5 Å². The first kappa shape index (κ1) is 14.1. The molecule has 3 rings (SSSR count). The summed E-state index contributed by atoms with van der Waals surface area (Å²) >= 11 is 0. The van der Waals surface area contributed by atoms with Crippen LogP contribution < -0.4 is 10.6 Å². The van der Waals surface area contributed by atoms with E-state index < -0.39 is 0 Å². The summed E-state index contributed by atoms with van der Waals surface area (Å²) in [6.45, 7) is 5.76. The molecular weight excluding hydrogens is 280 g/mol. The predicted octanol–water partition coefficient (Wildman–Crippen LogP) is 2.87. The van der Waals surface area contributed by atoms with Crippen molar-refractivity contribution in [3.63, 3.8) is 0 Å². The van der Waals surface area contributed by atoms with Crippen LogP contribution in [0.3, 0.4) is 0 Å². The fourth-order valence-electron chi connectivity index (χ4n) is 2.13. The van der Waals surface area contributed by atoms with Crippen LogP contribution in [0.4, 0.5) is 10.5 Å². The Morgan fingerprint density at radius 3 is 2.73 bits per heavy atom. The quantitative estimate of drug-likeness (QED) is 0.585. The van der Waals surface area contributed by atoms with Gasteiger partial charge in [0.2, 0.25) is 0 Å². The Kier molecular flexibility index (Phi) is 3.32. The Bertz CT molecular complexity index is 778. The number of nitrogens with one attached hydrogen (secondary N) is 4. The third kappa shape index (κ3) is 2.93. The average molecular weight is 298 g/mol. The number of nitrogens with zero attached hydrogens (tertiary/aromatic N) is 2. The molecule has 4 N–H and O–H groups in total. The standard InChI is InChI=1S/C15H18N6O/c1-15(2,3)20-14(22)19-11-8-16-21-12(11)13-17-9-6-4-5-7-10(9)18-13/h4-8H,1-3H3,(H,16,21)(H,17,18)(H2,19,20,22). The van der Waals surface area contributed by atoms with Crippen molar-refractivity contribution in [2.75, 3.05) is 5.32 Å². The highest BCUT2D eigenvalue weighted by Gasteiger charge is 2.17. The lowest BCUT2D eigenvalue weighted by molar-refractivity contribution is 0.244. The van der Waals surface area contributed by atoms with Gasteiger partial charge in [-0.15, -0.1) is 0 Å². The number of amides is 2. The topological polar surface area (TPSA) is 98.5 Å². The van der Waals surface area contributed by atoms with Gasteiger partial charge >= 0.3 is 6.03 Å². The monoisotopic (exact) mass is 298 g/mol. The first-order valence-corrected chi connectivity index (χ1v) is 7.00. The highest BCUT2D eigenvalue weighted by Crippen LogP contribution is 2.25. The molecule has 114 valence electrons. The van der Waals surface area contributed by atoms with Crippen molar-refractivity contribution in [2.45, 2.75) is 26.3 Å². The van der Waals surface area contributed by atoms with E-state index >= 15 is 0 Å². The summed E-state index contributed by atoms with van der Waals surface area (Å²) in [5.74, 6) is 0.629. The number of anilines is 1. The zero-order chi connectivity index (χ0) is 15.7. The summed E-state index contributed by atoms with van der Waals surface area (Å²) in [6, 6.07) is 7.45. The average Bonchev–Trinajstić information content (AvgIpc) is 3.01. The number of aromatic amines is 2. The van der Waals surface area contributed by atoms with Gasteiger partial charge in [-0.1, -0.05) is 12.1 Å². The fraction of sp³-hybridized carbons (Fsp3) is 0.267. The molecule has 2 amide bonds. The Balaban J connectivity index is 1.87. The summed E-state index contributed by atoms with van der Waals surface area (Å²) in [4.78, 5) is 19.7. The van der Waals surface area contributed by atoms with Gasteiger partial charge in [0, 0.05) is 5.54 Å². The predicted molar refractivity (Wildman–Crippen MR) is 85.6 cm³/mol. The maximum absolute atomic E-state index is 12.0. The van der Waals surface area contributed by atoms with Crippen LogP contribution in [0, 0.1) is 0 Å². The van der Waals surface area contributed by atoms with Crippen molar-refractivity contribution in [2.24, 2.45) is 0 Å². The van der Waals surface area contributed by atoms with Gasteiger partial charge in [0.1, 0.15) is 5.69 Å². The second-order valence-corrected chi connectivity index (χ2v) is 6.09. The van der Waals surface area contributed by atoms with Crippen molar-refractivity contribution in [3.05, 3.63) is 30.5 Å². The van der Waals surface area contributed by atoms with Crippen molar-refractivity contribution >= 4 is 22.8 Å². The van der Waals surface area contributed by atoms with E-state index in [-0.39, 0.29) is 11.6 Å². The van der Waals surface area contributed by atoms with Gasteiger partial charge in [0.25, 0.3) is 0 Å². The first-order valence-electron chi connectivity index (χ1n) is 7.00. The SMILES string of the molecule is CC(C)(C)NC(=O)Nc1cn[nH]c1-c1nc2ccccc2[nH]1. The number of benzene rings is 1. The molecule has 0 aliphatic heterocycles. The van der Waals surface area contributed by atoms with E-state index in [9.17, 15) is 4.79 Å². The molecule has 1 aromatic carbocycles. The Labute approximate surface area is 127 Å². The number of rotatable bonds is 2. The molecular formula is C15H18N6O. The van der Waals surface area contributed by atoms with Gasteiger partial charge < -0.3 is 15.6 Å². The van der Waals surface area contributed by atoms with E-state index in [2.05, 4.69) is 30.8 Å². The van der Waals surface area contributed by atoms with E-state index in [4.69, 9.17) is 0 Å². The minimum absolute atomic E-state index is 0.286. The molecule has 22 heavy (non-hydrogen) atoms. The number of carbonyl (C=O) groups is 1. The summed E-state index contributed by atoms with van der Waals surface area (Å²) in [5, 5.41) is 12.5. The molecule has 0 unspecified atom stereocenters. The van der Waals surface area contributed by atoms with Gasteiger partial charge in [-0.25, -0.2) is 9.78 Å². The van der Waals surface area contributed by atoms with Crippen molar-refractivity contribution in [1.29, 1.82) is 0 Å². The second kappa shape index (κ2) is 5.18. The van der Waals surface area contributed by atoms with Gasteiger partial charge in [-0.3, -0.25) is 5.10 Å². The number of fused-ring (bicyclic) bond motifs is 1. The Morgan fingerprint density at radius 2 is 2.00 bits per heavy atom. The van der Waals surface area contributed by atoms with Crippen LogP contribution >= 0.6 is 0 Å². The molecule has 0 saturated heterocycles. The number of para-hydroxylation sites is 2. The lowest BCUT2D eigenvalue weighted by Gasteiger charge is -2.20. The molecule has 0 radical (unpaired) electrons. The number of aromatic nitrogens is 4. The third-order valence-electron chi connectivity index (χ3n) is 3.00. The minimum atomic E-state index is -0.312. The number of urea groups is 1. The number of H-pyrrole nitrogens is 2. The minimum Gasteiger partial charge on any atom is -0.337 e. The number of hydrogen-bond donors (Lipinski definition) is 4. The molecule has 0 spiro atoms. The number of hydrogen-bond acceptors (Lipinski definition) is 3. The third-order valence-corrected chi connectivity index (χ3v) is 3.00. The number of imidazole rings is 1. The van der Waals surface area contributed by atoms with Crippen LogP contribution in [0.5, 0.6) is 0 Å². The molecule has 7 heteroatoms. The fourth-order valence-corrected chi connectivity index (χ4v) is 2.13. The van der Waals surface area contributed by atoms with Crippen molar-refractivity contribution < 1.29 is 4.79 Å². The van der Waals surface area contributed by atoms with E-state index in [1.54, 1.807) is 6.20 Å². The zero-order valence-electron chi connectivity index (χ0n) is 12.7. The van der Waals surface area contributed by atoms with Gasteiger partial charge in [-0.05, 0) is 32.9 Å². The van der Waals surface area contributed by atoms with E-state index in [1.165, 1.54) is 0 Å². The van der Waals surface area contributed by atoms with Gasteiger partial charge in [0.05, 0.1) is 22.9 Å². The van der Waals surface area contributed by atoms with Crippen LogP contribution in [-0.2, 0) is 0 Å². The highest BCUT2D eigenvalue weighted by atomic mass is 16.2. The zero-order valence-corrected chi connectivity index (χ0v) is 12.7. The maximum Gasteiger partial charge on any atom is 0.319 e. The van der Waals surface area contributed by atoms with Crippen LogP contribution in [0.2, 0.25) is 0 Å². The number of carbonyl (C=O) groups excluding carboxylic acids is 1. The summed E-state index contributed by atoms with van der Waals surface area (Å²) < 4.78 is 0. The molecule has 0 saturated carbocycles. The van der Waals surface area contributed by atoms with Crippen LogP contribution in [-0.4, -0.2) is 31.7 Å². The molecule has 0 aliphatic carbocycles. The molecule has 3 aromatic rings. The largest absolute Gasteiger partial charge is 0.337 e. The summed E-state index contributed by atoms with van der Waals surface area (Å²) in [7, 11) is 0. The molecule has 0 fully saturated rings. The normalized spacial score (nSPS) is 11.6.